The molecule has 0 aliphatic rings. The predicted octanol–water partition coefficient (Wildman–Crippen LogP) is 2.23. The van der Waals surface area contributed by atoms with Crippen molar-refractivity contribution in [2.45, 2.75) is 39.9 Å². The van der Waals surface area contributed by atoms with E-state index >= 15 is 0 Å². The molecule has 0 saturated carbocycles. The van der Waals surface area contributed by atoms with Gasteiger partial charge in [0.1, 0.15) is 0 Å². The maximum Gasteiger partial charge on any atom is 0.0638 e. The van der Waals surface area contributed by atoms with E-state index < -0.39 is 0 Å². The Kier molecular flexibility index (Phi) is 4.20. The molecule has 2 heterocycles. The van der Waals surface area contributed by atoms with Crippen molar-refractivity contribution in [3.63, 3.8) is 0 Å². The van der Waals surface area contributed by atoms with E-state index in [0.717, 1.165) is 31.7 Å². The molecule has 4 nitrogen and oxygen atoms in total. The van der Waals surface area contributed by atoms with Gasteiger partial charge < -0.3 is 9.88 Å². The SMILES string of the molecule is CCCn1cc(CNCc2cccn2C)c(C)n1. The number of hydrogen-bond acceptors (Lipinski definition) is 2. The lowest BCUT2D eigenvalue weighted by Crippen LogP contribution is -2.14. The molecule has 98 valence electrons. The first-order valence-electron chi connectivity index (χ1n) is 6.54. The van der Waals surface area contributed by atoms with Gasteiger partial charge in [0.25, 0.3) is 0 Å². The summed E-state index contributed by atoms with van der Waals surface area (Å²) in [5.74, 6) is 0. The summed E-state index contributed by atoms with van der Waals surface area (Å²) in [6.07, 6.45) is 5.34. The van der Waals surface area contributed by atoms with Crippen molar-refractivity contribution in [2.75, 3.05) is 0 Å². The standard InChI is InChI=1S/C14H22N4/c1-4-7-18-11-13(12(2)16-18)9-15-10-14-6-5-8-17(14)3/h5-6,8,11,15H,4,7,9-10H2,1-3H3. The number of hydrogen-bond donors (Lipinski definition) is 1. The number of rotatable bonds is 6. The van der Waals surface area contributed by atoms with Crippen LogP contribution in [0.15, 0.2) is 24.5 Å². The van der Waals surface area contributed by atoms with Gasteiger partial charge in [0.2, 0.25) is 0 Å². The summed E-state index contributed by atoms with van der Waals surface area (Å²) in [6, 6.07) is 4.21. The van der Waals surface area contributed by atoms with E-state index in [1.165, 1.54) is 11.3 Å². The molecule has 18 heavy (non-hydrogen) atoms. The van der Waals surface area contributed by atoms with E-state index in [0.29, 0.717) is 0 Å². The molecule has 0 unspecified atom stereocenters. The highest BCUT2D eigenvalue weighted by Gasteiger charge is 2.04. The molecular weight excluding hydrogens is 224 g/mol. The highest BCUT2D eigenvalue weighted by atomic mass is 15.3. The van der Waals surface area contributed by atoms with E-state index in [9.17, 15) is 0 Å². The molecule has 0 aliphatic heterocycles. The Morgan fingerprint density at radius 2 is 2.17 bits per heavy atom. The van der Waals surface area contributed by atoms with Gasteiger partial charge in [0.05, 0.1) is 5.69 Å². The summed E-state index contributed by atoms with van der Waals surface area (Å²) in [5, 5.41) is 7.97. The van der Waals surface area contributed by atoms with Crippen molar-refractivity contribution in [1.29, 1.82) is 0 Å². The van der Waals surface area contributed by atoms with Gasteiger partial charge in [-0.25, -0.2) is 0 Å². The van der Waals surface area contributed by atoms with Crippen LogP contribution in [0, 0.1) is 6.92 Å². The molecule has 0 saturated heterocycles. The summed E-state index contributed by atoms with van der Waals surface area (Å²) in [5.41, 5.74) is 3.72. The first-order chi connectivity index (χ1) is 8.70. The predicted molar refractivity (Wildman–Crippen MR) is 73.2 cm³/mol. The Morgan fingerprint density at radius 1 is 1.33 bits per heavy atom. The van der Waals surface area contributed by atoms with Gasteiger partial charge in [-0.1, -0.05) is 6.92 Å². The molecule has 0 amide bonds. The molecule has 0 radical (unpaired) electrons. The Morgan fingerprint density at radius 3 is 2.83 bits per heavy atom. The Labute approximate surface area is 109 Å². The average Bonchev–Trinajstić information content (AvgIpc) is 2.88. The summed E-state index contributed by atoms with van der Waals surface area (Å²) in [6.45, 7) is 7.01. The van der Waals surface area contributed by atoms with Crippen LogP contribution in [-0.4, -0.2) is 14.3 Å². The van der Waals surface area contributed by atoms with Crippen LogP contribution in [-0.2, 0) is 26.7 Å². The van der Waals surface area contributed by atoms with E-state index in [4.69, 9.17) is 0 Å². The monoisotopic (exact) mass is 246 g/mol. The van der Waals surface area contributed by atoms with Crippen LogP contribution < -0.4 is 5.32 Å². The maximum absolute atomic E-state index is 4.51. The van der Waals surface area contributed by atoms with Gasteiger partial charge in [-0.2, -0.15) is 5.10 Å². The lowest BCUT2D eigenvalue weighted by molar-refractivity contribution is 0.597. The van der Waals surface area contributed by atoms with Crippen molar-refractivity contribution >= 4 is 0 Å². The molecule has 1 N–H and O–H groups in total. The van der Waals surface area contributed by atoms with E-state index in [2.05, 4.69) is 60.4 Å². The Hall–Kier alpha value is -1.55. The first-order valence-corrected chi connectivity index (χ1v) is 6.54. The zero-order valence-corrected chi connectivity index (χ0v) is 11.5. The average molecular weight is 246 g/mol. The molecule has 2 aromatic heterocycles. The van der Waals surface area contributed by atoms with Crippen molar-refractivity contribution in [3.8, 4) is 0 Å². The van der Waals surface area contributed by atoms with Crippen molar-refractivity contribution in [2.24, 2.45) is 7.05 Å². The molecule has 0 atom stereocenters. The summed E-state index contributed by atoms with van der Waals surface area (Å²) < 4.78 is 4.18. The molecule has 2 aromatic rings. The quantitative estimate of drug-likeness (QED) is 0.848. The third-order valence-electron chi connectivity index (χ3n) is 3.17. The van der Waals surface area contributed by atoms with Crippen molar-refractivity contribution < 1.29 is 0 Å². The fraction of sp³-hybridized carbons (Fsp3) is 0.500. The zero-order chi connectivity index (χ0) is 13.0. The van der Waals surface area contributed by atoms with E-state index in [1.54, 1.807) is 0 Å². The number of nitrogens with one attached hydrogen (secondary N) is 1. The Balaban J connectivity index is 1.88. The van der Waals surface area contributed by atoms with Crippen LogP contribution in [0.4, 0.5) is 0 Å². The number of nitrogens with zero attached hydrogens (tertiary/aromatic N) is 3. The largest absolute Gasteiger partial charge is 0.353 e. The molecular formula is C14H22N4. The Bertz CT molecular complexity index is 496. The molecule has 0 bridgehead atoms. The summed E-state index contributed by atoms with van der Waals surface area (Å²) in [7, 11) is 2.07. The lowest BCUT2D eigenvalue weighted by atomic mass is 10.2. The first kappa shape index (κ1) is 12.9. The molecule has 0 spiro atoms. The van der Waals surface area contributed by atoms with Gasteiger partial charge in [0.15, 0.2) is 0 Å². The van der Waals surface area contributed by atoms with Crippen LogP contribution in [0.2, 0.25) is 0 Å². The fourth-order valence-corrected chi connectivity index (χ4v) is 2.08. The van der Waals surface area contributed by atoms with E-state index in [-0.39, 0.29) is 0 Å². The zero-order valence-electron chi connectivity index (χ0n) is 11.5. The van der Waals surface area contributed by atoms with Crippen LogP contribution in [0.5, 0.6) is 0 Å². The van der Waals surface area contributed by atoms with Crippen LogP contribution in [0.25, 0.3) is 0 Å². The topological polar surface area (TPSA) is 34.8 Å². The van der Waals surface area contributed by atoms with Crippen LogP contribution in [0.3, 0.4) is 0 Å². The van der Waals surface area contributed by atoms with Gasteiger partial charge >= 0.3 is 0 Å². The summed E-state index contributed by atoms with van der Waals surface area (Å²) >= 11 is 0. The van der Waals surface area contributed by atoms with Crippen molar-refractivity contribution in [3.05, 3.63) is 41.5 Å². The van der Waals surface area contributed by atoms with Gasteiger partial charge in [-0.05, 0) is 25.5 Å². The van der Waals surface area contributed by atoms with Gasteiger partial charge in [-0.15, -0.1) is 0 Å². The normalized spacial score (nSPS) is 11.1. The second-order valence-electron chi connectivity index (χ2n) is 4.72. The number of aryl methyl sites for hydroxylation is 3. The molecule has 0 aromatic carbocycles. The highest BCUT2D eigenvalue weighted by Crippen LogP contribution is 2.06. The molecule has 4 heteroatoms. The van der Waals surface area contributed by atoms with Crippen molar-refractivity contribution in [1.82, 2.24) is 19.7 Å². The molecule has 2 rings (SSSR count). The lowest BCUT2D eigenvalue weighted by Gasteiger charge is -2.05. The third-order valence-corrected chi connectivity index (χ3v) is 3.17. The minimum atomic E-state index is 0.876. The smallest absolute Gasteiger partial charge is 0.0638 e. The second-order valence-corrected chi connectivity index (χ2v) is 4.72. The third kappa shape index (κ3) is 3.01. The molecule has 0 fully saturated rings. The maximum atomic E-state index is 4.51. The van der Waals surface area contributed by atoms with Crippen LogP contribution >= 0.6 is 0 Å². The molecule has 0 aliphatic carbocycles. The minimum absolute atomic E-state index is 0.876. The van der Waals surface area contributed by atoms with Crippen LogP contribution in [0.1, 0.15) is 30.3 Å². The highest BCUT2D eigenvalue weighted by molar-refractivity contribution is 5.15. The van der Waals surface area contributed by atoms with Gasteiger partial charge in [-0.3, -0.25) is 4.68 Å². The van der Waals surface area contributed by atoms with Gasteiger partial charge in [0, 0.05) is 50.3 Å². The van der Waals surface area contributed by atoms with E-state index in [1.807, 2.05) is 4.68 Å². The summed E-state index contributed by atoms with van der Waals surface area (Å²) in [4.78, 5) is 0. The number of aromatic nitrogens is 3. The fourth-order valence-electron chi connectivity index (χ4n) is 2.08. The minimum Gasteiger partial charge on any atom is -0.353 e. The second kappa shape index (κ2) is 5.87.